The highest BCUT2D eigenvalue weighted by molar-refractivity contribution is 7.98. The van der Waals surface area contributed by atoms with Crippen LogP contribution >= 0.6 is 11.8 Å². The topological polar surface area (TPSA) is 12.0 Å². The Morgan fingerprint density at radius 3 is 2.35 bits per heavy atom. The maximum atomic E-state index is 3.48. The monoisotopic (exact) mass is 251 g/mol. The Morgan fingerprint density at radius 2 is 1.76 bits per heavy atom. The molecule has 0 radical (unpaired) electrons. The molecule has 0 fully saturated rings. The lowest BCUT2D eigenvalue weighted by Crippen LogP contribution is -2.15. The van der Waals surface area contributed by atoms with Gasteiger partial charge in [-0.25, -0.2) is 0 Å². The average molecular weight is 251 g/mol. The van der Waals surface area contributed by atoms with Gasteiger partial charge in [-0.05, 0) is 48.4 Å². The average Bonchev–Trinajstić information content (AvgIpc) is 2.30. The molecule has 0 spiro atoms. The van der Waals surface area contributed by atoms with E-state index in [9.17, 15) is 0 Å². The third-order valence-electron chi connectivity index (χ3n) is 2.70. The molecular weight excluding hydrogens is 226 g/mol. The molecule has 0 heterocycles. The lowest BCUT2D eigenvalue weighted by molar-refractivity contribution is 0.646. The fourth-order valence-electron chi connectivity index (χ4n) is 1.84. The molecule has 1 nitrogen and oxygen atoms in total. The Labute approximate surface area is 110 Å². The van der Waals surface area contributed by atoms with E-state index in [1.54, 1.807) is 0 Å². The number of hydrogen-bond donors (Lipinski definition) is 1. The molecule has 1 aromatic rings. The molecule has 0 unspecified atom stereocenters. The highest BCUT2D eigenvalue weighted by atomic mass is 32.2. The van der Waals surface area contributed by atoms with Crippen molar-refractivity contribution in [2.75, 3.05) is 18.6 Å². The second-order valence-corrected chi connectivity index (χ2v) is 5.92. The summed E-state index contributed by atoms with van der Waals surface area (Å²) in [5.74, 6) is 1.99. The van der Waals surface area contributed by atoms with Crippen LogP contribution in [-0.2, 0) is 13.0 Å². The number of hydrogen-bond acceptors (Lipinski definition) is 2. The maximum absolute atomic E-state index is 3.48. The zero-order valence-corrected chi connectivity index (χ0v) is 12.1. The van der Waals surface area contributed by atoms with Crippen molar-refractivity contribution in [3.63, 3.8) is 0 Å². The summed E-state index contributed by atoms with van der Waals surface area (Å²) in [6.45, 7) is 6.65. The molecule has 0 saturated carbocycles. The number of thioether (sulfide) groups is 1. The van der Waals surface area contributed by atoms with Crippen molar-refractivity contribution in [2.24, 2.45) is 5.92 Å². The van der Waals surface area contributed by atoms with Gasteiger partial charge in [0.25, 0.3) is 0 Å². The molecule has 2 heteroatoms. The summed E-state index contributed by atoms with van der Waals surface area (Å²) in [5, 5.41) is 3.48. The van der Waals surface area contributed by atoms with Crippen LogP contribution in [0.4, 0.5) is 0 Å². The SMILES string of the molecule is CSCCCNCc1ccc(CC(C)C)cc1. The normalized spacial score (nSPS) is 11.1. The highest BCUT2D eigenvalue weighted by Gasteiger charge is 1.98. The molecule has 1 N–H and O–H groups in total. The number of nitrogens with one attached hydrogen (secondary N) is 1. The Kier molecular flexibility index (Phi) is 7.38. The van der Waals surface area contributed by atoms with Crippen molar-refractivity contribution in [1.82, 2.24) is 5.32 Å². The Balaban J connectivity index is 2.25. The van der Waals surface area contributed by atoms with Crippen LogP contribution in [0.25, 0.3) is 0 Å². The number of benzene rings is 1. The highest BCUT2D eigenvalue weighted by Crippen LogP contribution is 2.09. The molecule has 17 heavy (non-hydrogen) atoms. The van der Waals surface area contributed by atoms with Crippen molar-refractivity contribution >= 4 is 11.8 Å². The first-order valence-electron chi connectivity index (χ1n) is 6.50. The molecule has 0 aliphatic rings. The summed E-state index contributed by atoms with van der Waals surface area (Å²) in [4.78, 5) is 0. The Morgan fingerprint density at radius 1 is 1.12 bits per heavy atom. The fourth-order valence-corrected chi connectivity index (χ4v) is 2.27. The van der Waals surface area contributed by atoms with E-state index in [0.29, 0.717) is 0 Å². The molecular formula is C15H25NS. The molecule has 0 aliphatic carbocycles. The van der Waals surface area contributed by atoms with Crippen molar-refractivity contribution in [3.05, 3.63) is 35.4 Å². The van der Waals surface area contributed by atoms with Crippen LogP contribution in [0, 0.1) is 5.92 Å². The first-order valence-corrected chi connectivity index (χ1v) is 7.89. The van der Waals surface area contributed by atoms with Gasteiger partial charge in [-0.2, -0.15) is 11.8 Å². The molecule has 1 aromatic carbocycles. The van der Waals surface area contributed by atoms with Gasteiger partial charge < -0.3 is 5.32 Å². The summed E-state index contributed by atoms with van der Waals surface area (Å²) in [5.41, 5.74) is 2.84. The third-order valence-corrected chi connectivity index (χ3v) is 3.39. The molecule has 1 rings (SSSR count). The molecule has 0 aromatic heterocycles. The smallest absolute Gasteiger partial charge is 0.0205 e. The van der Waals surface area contributed by atoms with Crippen molar-refractivity contribution in [2.45, 2.75) is 33.2 Å². The van der Waals surface area contributed by atoms with Gasteiger partial charge in [0, 0.05) is 6.54 Å². The molecule has 0 amide bonds. The van der Waals surface area contributed by atoms with Gasteiger partial charge in [-0.1, -0.05) is 38.1 Å². The first kappa shape index (κ1) is 14.6. The maximum Gasteiger partial charge on any atom is 0.0205 e. The molecule has 0 atom stereocenters. The Hall–Kier alpha value is -0.470. The molecule has 96 valence electrons. The van der Waals surface area contributed by atoms with E-state index in [-0.39, 0.29) is 0 Å². The fraction of sp³-hybridized carbons (Fsp3) is 0.600. The van der Waals surface area contributed by atoms with E-state index in [2.05, 4.69) is 49.7 Å². The quantitative estimate of drug-likeness (QED) is 0.707. The predicted molar refractivity (Wildman–Crippen MR) is 79.7 cm³/mol. The van der Waals surface area contributed by atoms with Gasteiger partial charge in [0.05, 0.1) is 0 Å². The minimum atomic E-state index is 0.741. The van der Waals surface area contributed by atoms with Crippen LogP contribution in [0.3, 0.4) is 0 Å². The van der Waals surface area contributed by atoms with Crippen molar-refractivity contribution in [3.8, 4) is 0 Å². The zero-order chi connectivity index (χ0) is 12.5. The second-order valence-electron chi connectivity index (χ2n) is 4.94. The van der Waals surface area contributed by atoms with E-state index in [1.165, 1.54) is 29.7 Å². The molecule has 0 saturated heterocycles. The summed E-state index contributed by atoms with van der Waals surface area (Å²) >= 11 is 1.92. The summed E-state index contributed by atoms with van der Waals surface area (Å²) in [6, 6.07) is 9.02. The minimum absolute atomic E-state index is 0.741. The van der Waals surface area contributed by atoms with Crippen molar-refractivity contribution < 1.29 is 0 Å². The van der Waals surface area contributed by atoms with Gasteiger partial charge in [0.1, 0.15) is 0 Å². The van der Waals surface area contributed by atoms with Gasteiger partial charge in [-0.15, -0.1) is 0 Å². The number of rotatable bonds is 8. The van der Waals surface area contributed by atoms with Gasteiger partial charge in [0.2, 0.25) is 0 Å². The van der Waals surface area contributed by atoms with Crippen LogP contribution in [0.5, 0.6) is 0 Å². The predicted octanol–water partition coefficient (Wildman–Crippen LogP) is 3.73. The van der Waals surface area contributed by atoms with Crippen LogP contribution < -0.4 is 5.32 Å². The summed E-state index contributed by atoms with van der Waals surface area (Å²) in [7, 11) is 0. The van der Waals surface area contributed by atoms with Crippen LogP contribution in [0.1, 0.15) is 31.4 Å². The summed E-state index contributed by atoms with van der Waals surface area (Å²) in [6.07, 6.45) is 4.60. The molecule has 0 aliphatic heterocycles. The molecule has 0 bridgehead atoms. The van der Waals surface area contributed by atoms with Crippen LogP contribution in [0.15, 0.2) is 24.3 Å². The second kappa shape index (κ2) is 8.60. The van der Waals surface area contributed by atoms with E-state index in [0.717, 1.165) is 19.0 Å². The largest absolute Gasteiger partial charge is 0.313 e. The van der Waals surface area contributed by atoms with E-state index in [1.807, 2.05) is 11.8 Å². The lowest BCUT2D eigenvalue weighted by Gasteiger charge is -2.07. The lowest BCUT2D eigenvalue weighted by atomic mass is 10.0. The van der Waals surface area contributed by atoms with E-state index >= 15 is 0 Å². The van der Waals surface area contributed by atoms with Gasteiger partial charge >= 0.3 is 0 Å². The third kappa shape index (κ3) is 6.75. The van der Waals surface area contributed by atoms with E-state index in [4.69, 9.17) is 0 Å². The first-order chi connectivity index (χ1) is 8.22. The zero-order valence-electron chi connectivity index (χ0n) is 11.3. The van der Waals surface area contributed by atoms with E-state index < -0.39 is 0 Å². The Bertz CT molecular complexity index is 292. The van der Waals surface area contributed by atoms with Crippen LogP contribution in [0.2, 0.25) is 0 Å². The standard InChI is InChI=1S/C15H25NS/c1-13(2)11-14-5-7-15(8-6-14)12-16-9-4-10-17-3/h5-8,13,16H,4,9-12H2,1-3H3. The summed E-state index contributed by atoms with van der Waals surface area (Å²) < 4.78 is 0. The van der Waals surface area contributed by atoms with Crippen LogP contribution in [-0.4, -0.2) is 18.6 Å². The minimum Gasteiger partial charge on any atom is -0.313 e. The van der Waals surface area contributed by atoms with Crippen molar-refractivity contribution in [1.29, 1.82) is 0 Å². The van der Waals surface area contributed by atoms with Gasteiger partial charge in [-0.3, -0.25) is 0 Å². The van der Waals surface area contributed by atoms with Gasteiger partial charge in [0.15, 0.2) is 0 Å².